The summed E-state index contributed by atoms with van der Waals surface area (Å²) in [6, 6.07) is 19.5. The summed E-state index contributed by atoms with van der Waals surface area (Å²) in [6.45, 7) is 1.45. The molecule has 4 aliphatic heterocycles. The Balaban J connectivity index is 1.41. The lowest BCUT2D eigenvalue weighted by Crippen LogP contribution is -2.34. The fourth-order valence-electron chi connectivity index (χ4n) is 6.99. The molecule has 8 heteroatoms. The molecule has 8 nitrogen and oxygen atoms in total. The molecule has 8 rings (SSSR count). The van der Waals surface area contributed by atoms with Gasteiger partial charge >= 0.3 is 0 Å². The number of hydrogen-bond acceptors (Lipinski definition) is 8. The van der Waals surface area contributed by atoms with Crippen LogP contribution in [0.3, 0.4) is 0 Å². The third kappa shape index (κ3) is 5.03. The van der Waals surface area contributed by atoms with Crippen LogP contribution in [-0.4, -0.2) is 59.4 Å². The van der Waals surface area contributed by atoms with Gasteiger partial charge in [-0.05, 0) is 110 Å². The quantitative estimate of drug-likeness (QED) is 0.259. The molecule has 0 amide bonds. The zero-order valence-corrected chi connectivity index (χ0v) is 25.3. The van der Waals surface area contributed by atoms with E-state index in [0.29, 0.717) is 40.7 Å². The molecule has 0 radical (unpaired) electrons. The molecule has 228 valence electrons. The monoisotopic (exact) mass is 594 g/mol. The van der Waals surface area contributed by atoms with Crippen LogP contribution in [-0.2, 0) is 32.3 Å². The van der Waals surface area contributed by atoms with Crippen molar-refractivity contribution in [3.8, 4) is 40.2 Å². The number of fused-ring (bicyclic) bond motifs is 2. The largest absolute Gasteiger partial charge is 0.504 e. The van der Waals surface area contributed by atoms with Crippen molar-refractivity contribution in [2.24, 2.45) is 0 Å². The van der Waals surface area contributed by atoms with E-state index in [1.165, 1.54) is 11.1 Å². The normalized spacial score (nSPS) is 19.7. The zero-order valence-electron chi connectivity index (χ0n) is 25.3. The van der Waals surface area contributed by atoms with Crippen molar-refractivity contribution >= 4 is 0 Å². The predicted molar refractivity (Wildman–Crippen MR) is 167 cm³/mol. The van der Waals surface area contributed by atoms with Crippen molar-refractivity contribution in [2.45, 2.75) is 44.4 Å². The first kappa shape index (κ1) is 28.5. The average Bonchev–Trinajstić information content (AvgIpc) is 3.03. The van der Waals surface area contributed by atoms with Crippen LogP contribution in [0.1, 0.15) is 51.0 Å². The van der Waals surface area contributed by atoms with E-state index in [-0.39, 0.29) is 30.2 Å². The molecule has 4 heterocycles. The highest BCUT2D eigenvalue weighted by molar-refractivity contribution is 5.59. The fourth-order valence-corrected chi connectivity index (χ4v) is 6.99. The van der Waals surface area contributed by atoms with Crippen LogP contribution in [0.2, 0.25) is 0 Å². The van der Waals surface area contributed by atoms with Gasteiger partial charge < -0.3 is 29.5 Å². The third-order valence-electron chi connectivity index (χ3n) is 9.52. The fraction of sp³-hybridized carbons (Fsp3) is 0.333. The Morgan fingerprint density at radius 3 is 2.25 bits per heavy atom. The van der Waals surface area contributed by atoms with Crippen molar-refractivity contribution in [3.63, 3.8) is 0 Å². The smallest absolute Gasteiger partial charge is 0.174 e. The zero-order chi connectivity index (χ0) is 30.5. The highest BCUT2D eigenvalue weighted by Gasteiger charge is 2.33. The maximum absolute atomic E-state index is 11.3. The second-order valence-electron chi connectivity index (χ2n) is 12.2. The molecule has 0 aromatic heterocycles. The molecule has 0 saturated carbocycles. The van der Waals surface area contributed by atoms with Gasteiger partial charge in [0, 0.05) is 36.3 Å². The summed E-state index contributed by atoms with van der Waals surface area (Å²) in [5.74, 6) is 2.56. The number of hydrogen-bond donors (Lipinski definition) is 3. The number of methoxy groups -OCH3 is 1. The second-order valence-corrected chi connectivity index (χ2v) is 12.2. The predicted octanol–water partition coefficient (Wildman–Crippen LogP) is 6.04. The van der Waals surface area contributed by atoms with Gasteiger partial charge in [-0.15, -0.1) is 0 Å². The van der Waals surface area contributed by atoms with Gasteiger partial charge in [-0.3, -0.25) is 9.80 Å². The number of aliphatic hydroxyl groups excluding tert-OH is 1. The molecule has 0 fully saturated rings. The minimum absolute atomic E-state index is 0.0401. The average molecular weight is 595 g/mol. The molecule has 4 aromatic rings. The van der Waals surface area contributed by atoms with Gasteiger partial charge in [0.2, 0.25) is 0 Å². The number of ether oxygens (including phenoxy) is 3. The Bertz CT molecular complexity index is 1720. The van der Waals surface area contributed by atoms with Crippen LogP contribution in [0.25, 0.3) is 0 Å². The van der Waals surface area contributed by atoms with Gasteiger partial charge in [-0.2, -0.15) is 0 Å². The Hall–Kier alpha value is -4.24. The number of benzene rings is 4. The van der Waals surface area contributed by atoms with Gasteiger partial charge in [0.1, 0.15) is 5.75 Å². The first-order chi connectivity index (χ1) is 21.3. The summed E-state index contributed by atoms with van der Waals surface area (Å²) in [4.78, 5) is 4.62. The van der Waals surface area contributed by atoms with Crippen molar-refractivity contribution in [3.05, 3.63) is 99.6 Å². The molecule has 0 aliphatic carbocycles. The third-order valence-corrected chi connectivity index (χ3v) is 9.52. The maximum atomic E-state index is 11.3. The van der Waals surface area contributed by atoms with Crippen molar-refractivity contribution < 1.29 is 29.5 Å². The van der Waals surface area contributed by atoms with E-state index in [1.807, 2.05) is 30.3 Å². The lowest BCUT2D eigenvalue weighted by Gasteiger charge is -2.37. The molecule has 0 spiro atoms. The van der Waals surface area contributed by atoms with Crippen LogP contribution in [0.5, 0.6) is 40.2 Å². The number of rotatable bonds is 2. The summed E-state index contributed by atoms with van der Waals surface area (Å²) in [7, 11) is 5.86. The number of phenolic OH excluding ortho intramolecular Hbond substituents is 1. The molecular formula is C36H38N2O6. The van der Waals surface area contributed by atoms with E-state index in [4.69, 9.17) is 14.2 Å². The lowest BCUT2D eigenvalue weighted by atomic mass is 9.86. The van der Waals surface area contributed by atoms with E-state index in [2.05, 4.69) is 48.2 Å². The minimum Gasteiger partial charge on any atom is -0.504 e. The van der Waals surface area contributed by atoms with E-state index >= 15 is 0 Å². The van der Waals surface area contributed by atoms with E-state index in [9.17, 15) is 15.3 Å². The van der Waals surface area contributed by atoms with Gasteiger partial charge in [0.05, 0.1) is 13.7 Å². The molecular weight excluding hydrogens is 556 g/mol. The molecule has 0 saturated heterocycles. The summed E-state index contributed by atoms with van der Waals surface area (Å²) < 4.78 is 18.7. The van der Waals surface area contributed by atoms with Crippen LogP contribution in [0.15, 0.2) is 60.7 Å². The van der Waals surface area contributed by atoms with Crippen LogP contribution in [0, 0.1) is 0 Å². The van der Waals surface area contributed by atoms with Crippen molar-refractivity contribution in [1.29, 1.82) is 0 Å². The number of nitrogens with zero attached hydrogens (tertiary/aromatic N) is 2. The number of phenols is 2. The van der Waals surface area contributed by atoms with Crippen LogP contribution in [0.4, 0.5) is 0 Å². The summed E-state index contributed by atoms with van der Waals surface area (Å²) >= 11 is 0. The number of likely N-dealkylation sites (N-methyl/N-ethyl adjacent to an activating group) is 2. The van der Waals surface area contributed by atoms with Gasteiger partial charge in [-0.1, -0.05) is 18.2 Å². The van der Waals surface area contributed by atoms with Gasteiger partial charge in [0.25, 0.3) is 0 Å². The van der Waals surface area contributed by atoms with Crippen LogP contribution >= 0.6 is 0 Å². The molecule has 4 aliphatic rings. The van der Waals surface area contributed by atoms with E-state index in [0.717, 1.165) is 54.6 Å². The first-order valence-corrected chi connectivity index (χ1v) is 15.2. The molecule has 4 aromatic carbocycles. The first-order valence-electron chi connectivity index (χ1n) is 15.2. The summed E-state index contributed by atoms with van der Waals surface area (Å²) in [5, 5.41) is 32.3. The molecule has 0 unspecified atom stereocenters. The maximum Gasteiger partial charge on any atom is 0.174 e. The second kappa shape index (κ2) is 11.4. The molecule has 3 N–H and O–H groups in total. The SMILES string of the molecule is COc1cc2c3cc1Oc1cc(ccc1O)C[C@@H]1c4c(cc(CO)c(O)c4Oc4ccc(cc4)C[C@@H]3N(C)CC2)CCN1C. The topological polar surface area (TPSA) is 94.9 Å². The number of aromatic hydroxyl groups is 2. The summed E-state index contributed by atoms with van der Waals surface area (Å²) in [5.41, 5.74) is 6.92. The standard InChI is InChI=1S/C36H38N2O6/c1-37-12-10-23-18-32(42-3)33-19-27(23)28(37)14-21-4-7-26(8-5-21)43-36-34-24(17-25(20-39)35(36)41)11-13-38(2)29(34)15-22-6-9-30(40)31(16-22)44-33/h4-9,16-19,28-29,39-41H,10-15,20H2,1-3H3/t28-,29+/m0/s1. The Kier molecular flexibility index (Phi) is 7.36. The van der Waals surface area contributed by atoms with Crippen molar-refractivity contribution in [2.75, 3.05) is 34.3 Å². The van der Waals surface area contributed by atoms with Gasteiger partial charge in [-0.25, -0.2) is 0 Å². The molecule has 6 bridgehead atoms. The number of aliphatic hydroxyl groups is 1. The lowest BCUT2D eigenvalue weighted by molar-refractivity contribution is 0.221. The Labute approximate surface area is 257 Å². The van der Waals surface area contributed by atoms with E-state index < -0.39 is 0 Å². The van der Waals surface area contributed by atoms with Crippen LogP contribution < -0.4 is 14.2 Å². The minimum atomic E-state index is -0.284. The Morgan fingerprint density at radius 1 is 0.795 bits per heavy atom. The van der Waals surface area contributed by atoms with Gasteiger partial charge in [0.15, 0.2) is 34.5 Å². The van der Waals surface area contributed by atoms with E-state index in [1.54, 1.807) is 13.2 Å². The molecule has 44 heavy (non-hydrogen) atoms. The highest BCUT2D eigenvalue weighted by atomic mass is 16.5. The highest BCUT2D eigenvalue weighted by Crippen LogP contribution is 2.48. The summed E-state index contributed by atoms with van der Waals surface area (Å²) in [6.07, 6.45) is 3.04. The molecule has 2 atom stereocenters. The van der Waals surface area contributed by atoms with Crippen molar-refractivity contribution in [1.82, 2.24) is 9.80 Å². The Morgan fingerprint density at radius 2 is 1.50 bits per heavy atom.